The van der Waals surface area contributed by atoms with Crippen molar-refractivity contribution in [3.05, 3.63) is 23.8 Å². The van der Waals surface area contributed by atoms with Crippen LogP contribution in [0.15, 0.2) is 18.2 Å². The van der Waals surface area contributed by atoms with E-state index in [1.807, 2.05) is 52.8 Å². The van der Waals surface area contributed by atoms with Gasteiger partial charge >= 0.3 is 0 Å². The predicted octanol–water partition coefficient (Wildman–Crippen LogP) is 7.80. The van der Waals surface area contributed by atoms with Crippen LogP contribution in [0, 0.1) is 18.8 Å². The van der Waals surface area contributed by atoms with Gasteiger partial charge in [0.1, 0.15) is 34.6 Å². The van der Waals surface area contributed by atoms with Gasteiger partial charge in [-0.3, -0.25) is 19.2 Å². The van der Waals surface area contributed by atoms with Crippen molar-refractivity contribution in [1.82, 2.24) is 0 Å². The molecular weight excluding hydrogens is 492 g/mol. The summed E-state index contributed by atoms with van der Waals surface area (Å²) in [5.74, 6) is 1.17. The molecule has 0 saturated heterocycles. The van der Waals surface area contributed by atoms with Crippen molar-refractivity contribution in [2.75, 3.05) is 13.2 Å². The lowest BCUT2D eigenvalue weighted by molar-refractivity contribution is -0.134. The topological polar surface area (TPSA) is 86.7 Å². The highest BCUT2D eigenvalue weighted by molar-refractivity contribution is 6.02. The summed E-state index contributed by atoms with van der Waals surface area (Å²) in [6, 6.07) is 5.90. The molecule has 220 valence electrons. The van der Waals surface area contributed by atoms with E-state index < -0.39 is 11.8 Å². The van der Waals surface area contributed by atoms with Crippen molar-refractivity contribution in [2.45, 2.75) is 125 Å². The zero-order valence-electron chi connectivity index (χ0n) is 25.1. The Morgan fingerprint density at radius 2 is 1.00 bits per heavy atom. The van der Waals surface area contributed by atoms with Gasteiger partial charge in [-0.2, -0.15) is 0 Å². The smallest absolute Gasteiger partial charge is 0.143 e. The maximum Gasteiger partial charge on any atom is 0.143 e. The minimum atomic E-state index is -0.410. The minimum absolute atomic E-state index is 0.0729. The first-order chi connectivity index (χ1) is 18.8. The van der Waals surface area contributed by atoms with E-state index in [-0.39, 0.29) is 23.1 Å². The fourth-order valence-corrected chi connectivity index (χ4v) is 4.84. The third-order valence-electron chi connectivity index (χ3n) is 7.40. The summed E-state index contributed by atoms with van der Waals surface area (Å²) >= 11 is 0. The van der Waals surface area contributed by atoms with Crippen LogP contribution in [-0.4, -0.2) is 36.3 Å². The molecule has 39 heavy (non-hydrogen) atoms. The van der Waals surface area contributed by atoms with Crippen molar-refractivity contribution in [2.24, 2.45) is 11.8 Å². The van der Waals surface area contributed by atoms with Gasteiger partial charge in [0.15, 0.2) is 0 Å². The molecule has 0 unspecified atom stereocenters. The lowest BCUT2D eigenvalue weighted by Gasteiger charge is -2.13. The van der Waals surface area contributed by atoms with E-state index in [1.54, 1.807) is 0 Å². The second-order valence-corrected chi connectivity index (χ2v) is 10.4. The number of Topliss-reactive ketones (excluding diaryl/α,β-unsaturated/α-hetero) is 4. The Morgan fingerprint density at radius 3 is 1.41 bits per heavy atom. The number of hydrogen-bond donors (Lipinski definition) is 0. The van der Waals surface area contributed by atoms with Gasteiger partial charge < -0.3 is 9.47 Å². The van der Waals surface area contributed by atoms with Crippen LogP contribution >= 0.6 is 0 Å². The van der Waals surface area contributed by atoms with Crippen LogP contribution in [0.25, 0.3) is 0 Å². The van der Waals surface area contributed by atoms with Gasteiger partial charge in [-0.15, -0.1) is 0 Å². The highest BCUT2D eigenvalue weighted by Gasteiger charge is 2.23. The van der Waals surface area contributed by atoms with Gasteiger partial charge in [-0.05, 0) is 56.4 Å². The summed E-state index contributed by atoms with van der Waals surface area (Å²) < 4.78 is 11.9. The van der Waals surface area contributed by atoms with Gasteiger partial charge in [-0.1, -0.05) is 66.2 Å². The molecule has 0 amide bonds. The zero-order valence-corrected chi connectivity index (χ0v) is 25.1. The van der Waals surface area contributed by atoms with Crippen LogP contribution in [0.4, 0.5) is 0 Å². The van der Waals surface area contributed by atoms with E-state index in [2.05, 4.69) is 0 Å². The van der Waals surface area contributed by atoms with Crippen LogP contribution in [0.3, 0.4) is 0 Å². The second kappa shape index (κ2) is 20.4. The molecule has 6 heteroatoms. The molecule has 0 radical (unpaired) electrons. The molecule has 0 heterocycles. The lowest BCUT2D eigenvalue weighted by Crippen LogP contribution is -2.22. The van der Waals surface area contributed by atoms with Gasteiger partial charge in [0.2, 0.25) is 0 Å². The predicted molar refractivity (Wildman–Crippen MR) is 157 cm³/mol. The quantitative estimate of drug-likeness (QED) is 0.0974. The first kappa shape index (κ1) is 34.5. The number of aryl methyl sites for hydroxylation is 1. The van der Waals surface area contributed by atoms with E-state index >= 15 is 0 Å². The van der Waals surface area contributed by atoms with Gasteiger partial charge in [0, 0.05) is 25.7 Å². The van der Waals surface area contributed by atoms with Crippen molar-refractivity contribution >= 4 is 23.1 Å². The van der Waals surface area contributed by atoms with E-state index in [9.17, 15) is 19.2 Å². The molecular formula is C33H52O6. The van der Waals surface area contributed by atoms with E-state index in [1.165, 1.54) is 0 Å². The average Bonchev–Trinajstić information content (AvgIpc) is 2.95. The molecule has 0 aliphatic carbocycles. The Labute approximate surface area is 236 Å². The molecule has 0 aliphatic rings. The largest absolute Gasteiger partial charge is 0.494 e. The Bertz CT molecular complexity index is 858. The molecule has 0 fully saturated rings. The molecule has 1 aromatic rings. The average molecular weight is 545 g/mol. The van der Waals surface area contributed by atoms with Crippen molar-refractivity contribution in [1.29, 1.82) is 0 Å². The molecule has 0 aromatic heterocycles. The normalized spacial score (nSPS) is 11.2. The zero-order chi connectivity index (χ0) is 29.0. The van der Waals surface area contributed by atoms with Gasteiger partial charge in [-0.25, -0.2) is 0 Å². The highest BCUT2D eigenvalue weighted by atomic mass is 16.5. The number of ketones is 4. The third kappa shape index (κ3) is 13.4. The first-order valence-corrected chi connectivity index (χ1v) is 15.3. The number of carbonyl (C=O) groups is 4. The minimum Gasteiger partial charge on any atom is -0.494 e. The first-order valence-electron chi connectivity index (χ1n) is 15.3. The fraction of sp³-hybridized carbons (Fsp3) is 0.697. The second-order valence-electron chi connectivity index (χ2n) is 10.4. The SMILES string of the molecule is CCC(=O)C(CCCCCCOc1ccc(OCCCCCCC(C(=O)CC)C(=O)CC)c(C)c1)C(=O)CC. The Balaban J connectivity index is 2.23. The molecule has 0 bridgehead atoms. The van der Waals surface area contributed by atoms with Crippen molar-refractivity contribution < 1.29 is 28.7 Å². The Hall–Kier alpha value is -2.50. The molecule has 0 atom stereocenters. The standard InChI is InChI=1S/C33H52O6/c1-6-29(34)27(30(35)7-2)18-14-10-12-16-22-38-26-20-21-33(25(5)24-26)39-23-17-13-11-15-19-28(31(36)8-3)32(37)9-4/h20-21,24,27-28H,6-19,22-23H2,1-5H3. The molecule has 1 rings (SSSR count). The monoisotopic (exact) mass is 544 g/mol. The van der Waals surface area contributed by atoms with E-state index in [0.29, 0.717) is 51.7 Å². The maximum absolute atomic E-state index is 12.0. The van der Waals surface area contributed by atoms with Gasteiger partial charge in [0.25, 0.3) is 0 Å². The maximum atomic E-state index is 12.0. The summed E-state index contributed by atoms with van der Waals surface area (Å²) in [6.45, 7) is 10.6. The molecule has 0 spiro atoms. The fourth-order valence-electron chi connectivity index (χ4n) is 4.84. The number of benzene rings is 1. The summed E-state index contributed by atoms with van der Waals surface area (Å²) in [6.07, 6.45) is 10.7. The van der Waals surface area contributed by atoms with Crippen molar-refractivity contribution in [3.63, 3.8) is 0 Å². The molecule has 6 nitrogen and oxygen atoms in total. The lowest BCUT2D eigenvalue weighted by atomic mass is 9.90. The molecule has 0 N–H and O–H groups in total. The highest BCUT2D eigenvalue weighted by Crippen LogP contribution is 2.24. The van der Waals surface area contributed by atoms with Crippen LogP contribution in [0.1, 0.15) is 123 Å². The number of ether oxygens (including phenoxy) is 2. The number of hydrogen-bond acceptors (Lipinski definition) is 6. The van der Waals surface area contributed by atoms with Crippen molar-refractivity contribution in [3.8, 4) is 11.5 Å². The summed E-state index contributed by atoms with van der Waals surface area (Å²) in [5.41, 5.74) is 1.04. The molecule has 1 aromatic carbocycles. The Kier molecular flexibility index (Phi) is 18.1. The Morgan fingerprint density at radius 1 is 0.590 bits per heavy atom. The molecule has 0 aliphatic heterocycles. The van der Waals surface area contributed by atoms with E-state index in [4.69, 9.17) is 9.47 Å². The number of unbranched alkanes of at least 4 members (excludes halogenated alkanes) is 6. The number of rotatable bonds is 24. The van der Waals surface area contributed by atoms with E-state index in [0.717, 1.165) is 68.4 Å². The summed E-state index contributed by atoms with van der Waals surface area (Å²) in [5, 5.41) is 0. The summed E-state index contributed by atoms with van der Waals surface area (Å²) in [4.78, 5) is 48.0. The third-order valence-corrected chi connectivity index (χ3v) is 7.40. The van der Waals surface area contributed by atoms with Crippen LogP contribution < -0.4 is 9.47 Å². The molecule has 0 saturated carbocycles. The van der Waals surface area contributed by atoms with Crippen LogP contribution in [0.2, 0.25) is 0 Å². The van der Waals surface area contributed by atoms with Crippen LogP contribution in [-0.2, 0) is 19.2 Å². The van der Waals surface area contributed by atoms with Gasteiger partial charge in [0.05, 0.1) is 25.0 Å². The number of carbonyl (C=O) groups excluding carboxylic acids is 4. The van der Waals surface area contributed by atoms with Crippen LogP contribution in [0.5, 0.6) is 11.5 Å². The summed E-state index contributed by atoms with van der Waals surface area (Å²) in [7, 11) is 0.